The topological polar surface area (TPSA) is 27.7 Å². The smallest absolute Gasteiger partial charge is 0.169 e. The molecule has 0 saturated carbocycles. The van der Waals surface area contributed by atoms with Crippen molar-refractivity contribution >= 4 is 24.5 Å². The SMILES string of the molecule is COc1cc(OC)c(OC)c(PCl)c1. The van der Waals surface area contributed by atoms with Crippen LogP contribution in [0.25, 0.3) is 0 Å². The average Bonchev–Trinajstić information content (AvgIpc) is 2.26. The highest BCUT2D eigenvalue weighted by molar-refractivity contribution is 7.75. The van der Waals surface area contributed by atoms with Crippen LogP contribution in [-0.4, -0.2) is 21.3 Å². The number of ether oxygens (including phenoxy) is 3. The molecule has 0 N–H and O–H groups in total. The summed E-state index contributed by atoms with van der Waals surface area (Å²) in [6.45, 7) is 0. The van der Waals surface area contributed by atoms with E-state index in [-0.39, 0.29) is 7.93 Å². The van der Waals surface area contributed by atoms with Gasteiger partial charge in [0.2, 0.25) is 0 Å². The maximum absolute atomic E-state index is 5.81. The van der Waals surface area contributed by atoms with Crippen LogP contribution in [0.15, 0.2) is 12.1 Å². The summed E-state index contributed by atoms with van der Waals surface area (Å²) in [5.74, 6) is 2.02. The predicted molar refractivity (Wildman–Crippen MR) is 59.9 cm³/mol. The minimum atomic E-state index is 0.122. The van der Waals surface area contributed by atoms with E-state index in [1.807, 2.05) is 6.07 Å². The lowest BCUT2D eigenvalue weighted by molar-refractivity contribution is 0.351. The van der Waals surface area contributed by atoms with Crippen molar-refractivity contribution in [3.63, 3.8) is 0 Å². The van der Waals surface area contributed by atoms with Gasteiger partial charge in [-0.25, -0.2) is 0 Å². The van der Waals surface area contributed by atoms with Gasteiger partial charge in [-0.3, -0.25) is 0 Å². The van der Waals surface area contributed by atoms with Gasteiger partial charge in [0.1, 0.15) is 5.75 Å². The van der Waals surface area contributed by atoms with E-state index in [2.05, 4.69) is 0 Å². The van der Waals surface area contributed by atoms with Crippen LogP contribution in [-0.2, 0) is 0 Å². The molecule has 78 valence electrons. The minimum Gasteiger partial charge on any atom is -0.497 e. The van der Waals surface area contributed by atoms with Gasteiger partial charge in [-0.2, -0.15) is 0 Å². The summed E-state index contributed by atoms with van der Waals surface area (Å²) in [5, 5.41) is 0.880. The van der Waals surface area contributed by atoms with Crippen molar-refractivity contribution in [2.45, 2.75) is 0 Å². The summed E-state index contributed by atoms with van der Waals surface area (Å²) in [4.78, 5) is 0. The second kappa shape index (κ2) is 5.28. The molecule has 0 spiro atoms. The molecule has 1 unspecified atom stereocenters. The second-order valence-electron chi connectivity index (χ2n) is 2.50. The standard InChI is InChI=1S/C9H12ClO3P/c1-11-6-4-7(12-2)9(13-3)8(5-6)14-10/h4-5,14H,1-3H3. The molecule has 14 heavy (non-hydrogen) atoms. The Morgan fingerprint density at radius 3 is 2.21 bits per heavy atom. The van der Waals surface area contributed by atoms with Crippen molar-refractivity contribution in [3.8, 4) is 17.2 Å². The Kier molecular flexibility index (Phi) is 4.30. The third-order valence-electron chi connectivity index (χ3n) is 1.79. The molecule has 0 aliphatic heterocycles. The van der Waals surface area contributed by atoms with Gasteiger partial charge in [0.25, 0.3) is 0 Å². The fourth-order valence-electron chi connectivity index (χ4n) is 1.13. The number of hydrogen-bond donors (Lipinski definition) is 0. The molecule has 0 heterocycles. The normalized spacial score (nSPS) is 10.6. The lowest BCUT2D eigenvalue weighted by atomic mass is 10.3. The van der Waals surface area contributed by atoms with Crippen molar-refractivity contribution in [1.82, 2.24) is 0 Å². The molecule has 1 rings (SSSR count). The summed E-state index contributed by atoms with van der Waals surface area (Å²) in [5.41, 5.74) is 0. The zero-order valence-corrected chi connectivity index (χ0v) is 10.0. The second-order valence-corrected chi connectivity index (χ2v) is 3.80. The first-order valence-corrected chi connectivity index (χ1v) is 5.94. The first-order valence-electron chi connectivity index (χ1n) is 3.93. The summed E-state index contributed by atoms with van der Waals surface area (Å²) in [6, 6.07) is 3.60. The van der Waals surface area contributed by atoms with Crippen LogP contribution in [0, 0.1) is 0 Å². The molecule has 0 aliphatic rings. The Morgan fingerprint density at radius 1 is 1.07 bits per heavy atom. The van der Waals surface area contributed by atoms with E-state index in [0.29, 0.717) is 17.2 Å². The van der Waals surface area contributed by atoms with Gasteiger partial charge in [-0.1, -0.05) is 11.2 Å². The van der Waals surface area contributed by atoms with Gasteiger partial charge in [0.05, 0.1) is 21.3 Å². The number of methoxy groups -OCH3 is 3. The van der Waals surface area contributed by atoms with Gasteiger partial charge in [0, 0.05) is 19.3 Å². The fraction of sp³-hybridized carbons (Fsp3) is 0.333. The van der Waals surface area contributed by atoms with E-state index in [4.69, 9.17) is 25.5 Å². The van der Waals surface area contributed by atoms with Gasteiger partial charge in [0.15, 0.2) is 11.5 Å². The average molecular weight is 235 g/mol. The van der Waals surface area contributed by atoms with Gasteiger partial charge in [-0.15, -0.1) is 0 Å². The lowest BCUT2D eigenvalue weighted by Crippen LogP contribution is -2.03. The maximum atomic E-state index is 5.81. The van der Waals surface area contributed by atoms with Gasteiger partial charge < -0.3 is 14.2 Å². The maximum Gasteiger partial charge on any atom is 0.169 e. The molecule has 0 amide bonds. The molecule has 1 aromatic carbocycles. The third-order valence-corrected chi connectivity index (χ3v) is 2.98. The van der Waals surface area contributed by atoms with Crippen LogP contribution in [0.3, 0.4) is 0 Å². The molecule has 0 radical (unpaired) electrons. The Labute approximate surface area is 89.9 Å². The quantitative estimate of drug-likeness (QED) is 0.748. The third kappa shape index (κ3) is 2.23. The zero-order chi connectivity index (χ0) is 10.6. The van der Waals surface area contributed by atoms with Gasteiger partial charge in [-0.05, 0) is 6.07 Å². The Bertz CT molecular complexity index is 292. The highest BCUT2D eigenvalue weighted by Gasteiger charge is 2.11. The Hall–Kier alpha value is -0.660. The molecule has 0 saturated heterocycles. The van der Waals surface area contributed by atoms with Crippen molar-refractivity contribution in [2.75, 3.05) is 21.3 Å². The summed E-state index contributed by atoms with van der Waals surface area (Å²) in [6.07, 6.45) is 0. The highest BCUT2D eigenvalue weighted by Crippen LogP contribution is 2.35. The van der Waals surface area contributed by atoms with E-state index < -0.39 is 0 Å². The number of hydrogen-bond acceptors (Lipinski definition) is 3. The molecule has 3 nitrogen and oxygen atoms in total. The Morgan fingerprint density at radius 2 is 1.79 bits per heavy atom. The molecule has 0 fully saturated rings. The van der Waals surface area contributed by atoms with Crippen LogP contribution in [0.5, 0.6) is 17.2 Å². The van der Waals surface area contributed by atoms with Gasteiger partial charge >= 0.3 is 0 Å². The first kappa shape index (κ1) is 11.4. The largest absolute Gasteiger partial charge is 0.497 e. The summed E-state index contributed by atoms with van der Waals surface area (Å²) in [7, 11) is 4.89. The molecule has 1 atom stereocenters. The minimum absolute atomic E-state index is 0.122. The molecular weight excluding hydrogens is 223 g/mol. The number of rotatable bonds is 4. The van der Waals surface area contributed by atoms with E-state index in [1.54, 1.807) is 27.4 Å². The van der Waals surface area contributed by atoms with Crippen LogP contribution < -0.4 is 19.5 Å². The molecule has 0 aromatic heterocycles. The molecule has 0 aliphatic carbocycles. The molecular formula is C9H12ClO3P. The zero-order valence-electron chi connectivity index (χ0n) is 8.26. The number of benzene rings is 1. The van der Waals surface area contributed by atoms with Crippen molar-refractivity contribution in [1.29, 1.82) is 0 Å². The van der Waals surface area contributed by atoms with Crippen molar-refractivity contribution in [3.05, 3.63) is 12.1 Å². The van der Waals surface area contributed by atoms with Crippen molar-refractivity contribution < 1.29 is 14.2 Å². The first-order chi connectivity index (χ1) is 6.76. The molecule has 1 aromatic rings. The highest BCUT2D eigenvalue weighted by atomic mass is 35.7. The van der Waals surface area contributed by atoms with Crippen LogP contribution in [0.2, 0.25) is 0 Å². The molecule has 5 heteroatoms. The summed E-state index contributed by atoms with van der Waals surface area (Å²) >= 11 is 5.81. The van der Waals surface area contributed by atoms with E-state index in [1.165, 1.54) is 0 Å². The van der Waals surface area contributed by atoms with E-state index in [9.17, 15) is 0 Å². The van der Waals surface area contributed by atoms with Crippen LogP contribution >= 0.6 is 19.2 Å². The Balaban J connectivity index is 3.24. The van der Waals surface area contributed by atoms with E-state index >= 15 is 0 Å². The van der Waals surface area contributed by atoms with E-state index in [0.717, 1.165) is 5.30 Å². The van der Waals surface area contributed by atoms with Crippen molar-refractivity contribution in [2.24, 2.45) is 0 Å². The lowest BCUT2D eigenvalue weighted by Gasteiger charge is -2.12. The monoisotopic (exact) mass is 234 g/mol. The van der Waals surface area contributed by atoms with Crippen LogP contribution in [0.4, 0.5) is 0 Å². The number of halogens is 1. The fourth-order valence-corrected chi connectivity index (χ4v) is 2.06. The summed E-state index contributed by atoms with van der Waals surface area (Å²) < 4.78 is 15.5. The predicted octanol–water partition coefficient (Wildman–Crippen LogP) is 2.17. The van der Waals surface area contributed by atoms with Crippen LogP contribution in [0.1, 0.15) is 0 Å². The molecule has 0 bridgehead atoms.